The molecule has 1 aliphatic heterocycles. The minimum atomic E-state index is -0.617. The van der Waals surface area contributed by atoms with Crippen LogP contribution in [-0.4, -0.2) is 39.0 Å². The number of aliphatic imine (C=N–C) groups is 1. The molecule has 1 aliphatic rings. The summed E-state index contributed by atoms with van der Waals surface area (Å²) in [5, 5.41) is 0. The first kappa shape index (κ1) is 14.7. The largest absolute Gasteiger partial charge is 0.374 e. The normalized spacial score (nSPS) is 18.1. The second-order valence-corrected chi connectivity index (χ2v) is 4.80. The van der Waals surface area contributed by atoms with Crippen molar-refractivity contribution in [2.75, 3.05) is 25.2 Å². The van der Waals surface area contributed by atoms with E-state index in [2.05, 4.69) is 11.7 Å². The molecule has 0 saturated carbocycles. The molecular formula is C15H19FN2O2. The van der Waals surface area contributed by atoms with Gasteiger partial charge in [-0.2, -0.15) is 0 Å². The van der Waals surface area contributed by atoms with Crippen molar-refractivity contribution < 1.29 is 13.9 Å². The number of rotatable bonds is 6. The Labute approximate surface area is 118 Å². The van der Waals surface area contributed by atoms with Gasteiger partial charge in [0, 0.05) is 25.8 Å². The van der Waals surface area contributed by atoms with Gasteiger partial charge in [0.1, 0.15) is 18.8 Å². The van der Waals surface area contributed by atoms with Crippen molar-refractivity contribution in [2.24, 2.45) is 4.99 Å². The van der Waals surface area contributed by atoms with Crippen LogP contribution < -0.4 is 4.90 Å². The monoisotopic (exact) mass is 278 g/mol. The Hall–Kier alpha value is -1.75. The number of methoxy groups -OCH3 is 1. The van der Waals surface area contributed by atoms with Crippen LogP contribution in [0.25, 0.3) is 0 Å². The van der Waals surface area contributed by atoms with Crippen molar-refractivity contribution in [3.63, 3.8) is 0 Å². The fourth-order valence-electron chi connectivity index (χ4n) is 2.51. The number of carbonyl (C=O) groups excluding carboxylic acids is 1. The van der Waals surface area contributed by atoms with E-state index in [1.54, 1.807) is 4.90 Å². The van der Waals surface area contributed by atoms with Crippen LogP contribution in [0.5, 0.6) is 0 Å². The number of amides is 1. The zero-order chi connectivity index (χ0) is 14.5. The van der Waals surface area contributed by atoms with Crippen LogP contribution in [0.4, 0.5) is 10.1 Å². The van der Waals surface area contributed by atoms with Crippen molar-refractivity contribution >= 4 is 18.3 Å². The fourth-order valence-corrected chi connectivity index (χ4v) is 2.51. The summed E-state index contributed by atoms with van der Waals surface area (Å²) in [6.07, 6.45) is 1.04. The molecule has 0 spiro atoms. The summed E-state index contributed by atoms with van der Waals surface area (Å²) < 4.78 is 18.2. The topological polar surface area (TPSA) is 41.9 Å². The molecule has 1 amide bonds. The highest BCUT2D eigenvalue weighted by Gasteiger charge is 2.24. The third kappa shape index (κ3) is 2.88. The molecule has 108 valence electrons. The molecule has 1 saturated heterocycles. The summed E-state index contributed by atoms with van der Waals surface area (Å²) in [6, 6.07) is 6.82. The lowest BCUT2D eigenvalue weighted by Crippen LogP contribution is -2.24. The highest BCUT2D eigenvalue weighted by Crippen LogP contribution is 2.27. The van der Waals surface area contributed by atoms with Crippen LogP contribution >= 0.6 is 0 Å². The molecule has 0 aromatic heterocycles. The molecule has 2 atom stereocenters. The van der Waals surface area contributed by atoms with Gasteiger partial charge >= 0.3 is 0 Å². The van der Waals surface area contributed by atoms with E-state index in [4.69, 9.17) is 4.74 Å². The quantitative estimate of drug-likeness (QED) is 0.750. The molecule has 0 N–H and O–H groups in total. The minimum Gasteiger partial charge on any atom is -0.374 e. The summed E-state index contributed by atoms with van der Waals surface area (Å²) in [4.78, 5) is 17.2. The number of ether oxygens (including phenoxy) is 1. The first-order valence-corrected chi connectivity index (χ1v) is 6.66. The molecule has 1 aromatic carbocycles. The maximum atomic E-state index is 12.9. The van der Waals surface area contributed by atoms with Gasteiger partial charge in [0.25, 0.3) is 0 Å². The van der Waals surface area contributed by atoms with Gasteiger partial charge in [0.15, 0.2) is 0 Å². The van der Waals surface area contributed by atoms with E-state index in [-0.39, 0.29) is 5.91 Å². The lowest BCUT2D eigenvalue weighted by Gasteiger charge is -2.22. The van der Waals surface area contributed by atoms with Crippen LogP contribution in [0.15, 0.2) is 29.3 Å². The van der Waals surface area contributed by atoms with E-state index in [0.29, 0.717) is 6.42 Å². The van der Waals surface area contributed by atoms with Crippen molar-refractivity contribution in [2.45, 2.75) is 25.0 Å². The molecule has 1 fully saturated rings. The molecule has 0 aliphatic carbocycles. The Balaban J connectivity index is 2.18. The zero-order valence-electron chi connectivity index (χ0n) is 11.6. The van der Waals surface area contributed by atoms with E-state index >= 15 is 0 Å². The second kappa shape index (κ2) is 6.61. The number of nitrogens with zero attached hydrogens (tertiary/aromatic N) is 2. The van der Waals surface area contributed by atoms with E-state index in [1.807, 2.05) is 24.3 Å². The van der Waals surface area contributed by atoms with E-state index in [0.717, 1.165) is 24.2 Å². The summed E-state index contributed by atoms with van der Waals surface area (Å²) in [5.41, 5.74) is 1.70. The Morgan fingerprint density at radius 1 is 1.45 bits per heavy atom. The SMILES string of the molecule is C=N[C@H](CF)[C@H](OC)c1ccc(N2CCCC2=O)cc1. The fraction of sp³-hybridized carbons (Fsp3) is 0.467. The lowest BCUT2D eigenvalue weighted by molar-refractivity contribution is -0.117. The maximum absolute atomic E-state index is 12.9. The summed E-state index contributed by atoms with van der Waals surface area (Å²) in [7, 11) is 1.52. The molecule has 0 unspecified atom stereocenters. The summed E-state index contributed by atoms with van der Waals surface area (Å²) in [5.74, 6) is 0.149. The summed E-state index contributed by atoms with van der Waals surface area (Å²) >= 11 is 0. The number of alkyl halides is 1. The molecule has 1 heterocycles. The van der Waals surface area contributed by atoms with Crippen LogP contribution in [0.3, 0.4) is 0 Å². The Morgan fingerprint density at radius 3 is 2.60 bits per heavy atom. The minimum absolute atomic E-state index is 0.149. The molecular weight excluding hydrogens is 259 g/mol. The number of hydrogen-bond acceptors (Lipinski definition) is 3. The molecule has 1 aromatic rings. The van der Waals surface area contributed by atoms with Crippen molar-refractivity contribution in [1.82, 2.24) is 0 Å². The number of anilines is 1. The number of carbonyl (C=O) groups is 1. The average molecular weight is 278 g/mol. The first-order chi connectivity index (χ1) is 9.71. The lowest BCUT2D eigenvalue weighted by atomic mass is 10.0. The van der Waals surface area contributed by atoms with E-state index < -0.39 is 18.8 Å². The van der Waals surface area contributed by atoms with Crippen molar-refractivity contribution in [3.05, 3.63) is 29.8 Å². The smallest absolute Gasteiger partial charge is 0.227 e. The van der Waals surface area contributed by atoms with Gasteiger partial charge < -0.3 is 9.64 Å². The number of benzene rings is 1. The molecule has 20 heavy (non-hydrogen) atoms. The second-order valence-electron chi connectivity index (χ2n) is 4.80. The van der Waals surface area contributed by atoms with Crippen molar-refractivity contribution in [1.29, 1.82) is 0 Å². The molecule has 2 rings (SSSR count). The van der Waals surface area contributed by atoms with Gasteiger partial charge in [0.2, 0.25) is 5.91 Å². The average Bonchev–Trinajstić information content (AvgIpc) is 2.91. The van der Waals surface area contributed by atoms with Gasteiger partial charge in [-0.15, -0.1) is 0 Å². The van der Waals surface area contributed by atoms with E-state index in [9.17, 15) is 9.18 Å². The molecule has 5 heteroatoms. The Morgan fingerprint density at radius 2 is 2.15 bits per heavy atom. The third-order valence-corrected chi connectivity index (χ3v) is 3.60. The van der Waals surface area contributed by atoms with Crippen LogP contribution in [0, 0.1) is 0 Å². The number of hydrogen-bond donors (Lipinski definition) is 0. The summed E-state index contributed by atoms with van der Waals surface area (Å²) in [6.45, 7) is 3.53. The highest BCUT2D eigenvalue weighted by atomic mass is 19.1. The maximum Gasteiger partial charge on any atom is 0.227 e. The zero-order valence-corrected chi connectivity index (χ0v) is 11.6. The standard InChI is InChI=1S/C15H19FN2O2/c1-17-13(10-16)15(20-2)11-5-7-12(8-6-11)18-9-3-4-14(18)19/h5-8,13,15H,1,3-4,9-10H2,2H3/t13-,15-/m1/s1. The van der Waals surface area contributed by atoms with Crippen LogP contribution in [0.1, 0.15) is 24.5 Å². The Bertz CT molecular complexity index is 475. The van der Waals surface area contributed by atoms with Crippen LogP contribution in [-0.2, 0) is 9.53 Å². The molecule has 0 radical (unpaired) electrons. The highest BCUT2D eigenvalue weighted by molar-refractivity contribution is 5.95. The predicted octanol–water partition coefficient (Wildman–Crippen LogP) is 2.54. The van der Waals surface area contributed by atoms with E-state index in [1.165, 1.54) is 7.11 Å². The molecule has 4 nitrogen and oxygen atoms in total. The van der Waals surface area contributed by atoms with Gasteiger partial charge in [-0.25, -0.2) is 4.39 Å². The predicted molar refractivity (Wildman–Crippen MR) is 77.1 cm³/mol. The Kier molecular flexibility index (Phi) is 4.84. The first-order valence-electron chi connectivity index (χ1n) is 6.66. The van der Waals surface area contributed by atoms with Crippen molar-refractivity contribution in [3.8, 4) is 0 Å². The number of halogens is 1. The van der Waals surface area contributed by atoms with Gasteiger partial charge in [-0.1, -0.05) is 12.1 Å². The molecule has 0 bridgehead atoms. The van der Waals surface area contributed by atoms with Gasteiger partial charge in [0.05, 0.1) is 0 Å². The third-order valence-electron chi connectivity index (χ3n) is 3.60. The van der Waals surface area contributed by atoms with Gasteiger partial charge in [-0.3, -0.25) is 9.79 Å². The van der Waals surface area contributed by atoms with Gasteiger partial charge in [-0.05, 0) is 30.8 Å². The van der Waals surface area contributed by atoms with Crippen LogP contribution in [0.2, 0.25) is 0 Å².